The number of amides is 1. The van der Waals surface area contributed by atoms with Crippen LogP contribution in [-0.2, 0) is 10.0 Å². The third-order valence-corrected chi connectivity index (χ3v) is 6.26. The van der Waals surface area contributed by atoms with Crippen molar-refractivity contribution < 1.29 is 13.2 Å². The Morgan fingerprint density at radius 3 is 2.24 bits per heavy atom. The first-order valence-corrected chi connectivity index (χ1v) is 9.61. The van der Waals surface area contributed by atoms with Gasteiger partial charge in [-0.1, -0.05) is 53.5 Å². The maximum atomic E-state index is 12.6. The minimum atomic E-state index is -3.80. The standard InChI is InChI=1S/C17H18Cl2N2O3S/c1-11(12-7-5-4-6-8-12)20-17(22)13-9-16(15(19)10-14(13)18)25(23,24)21(2)3/h4-11H,1-3H3,(H,20,22)/t11-/m0/s1. The molecule has 0 saturated carbocycles. The van der Waals surface area contributed by atoms with Gasteiger partial charge in [-0.15, -0.1) is 0 Å². The van der Waals surface area contributed by atoms with E-state index >= 15 is 0 Å². The van der Waals surface area contributed by atoms with E-state index in [0.717, 1.165) is 9.87 Å². The summed E-state index contributed by atoms with van der Waals surface area (Å²) in [6, 6.07) is 11.6. The second-order valence-electron chi connectivity index (χ2n) is 5.66. The van der Waals surface area contributed by atoms with E-state index in [0.29, 0.717) is 0 Å². The molecule has 0 bridgehead atoms. The second-order valence-corrected chi connectivity index (χ2v) is 8.59. The van der Waals surface area contributed by atoms with Gasteiger partial charge in [-0.05, 0) is 24.6 Å². The number of hydrogen-bond donors (Lipinski definition) is 1. The first-order chi connectivity index (χ1) is 11.6. The van der Waals surface area contributed by atoms with Gasteiger partial charge in [-0.2, -0.15) is 0 Å². The van der Waals surface area contributed by atoms with Crippen LogP contribution in [0.2, 0.25) is 10.0 Å². The first-order valence-electron chi connectivity index (χ1n) is 7.42. The van der Waals surface area contributed by atoms with Gasteiger partial charge in [0.2, 0.25) is 10.0 Å². The molecule has 0 radical (unpaired) electrons. The molecule has 0 heterocycles. The van der Waals surface area contributed by atoms with Crippen LogP contribution in [0.3, 0.4) is 0 Å². The van der Waals surface area contributed by atoms with Crippen molar-refractivity contribution in [2.45, 2.75) is 17.9 Å². The van der Waals surface area contributed by atoms with E-state index in [2.05, 4.69) is 5.32 Å². The van der Waals surface area contributed by atoms with Gasteiger partial charge in [0.05, 0.1) is 21.7 Å². The van der Waals surface area contributed by atoms with Crippen LogP contribution >= 0.6 is 23.2 Å². The Hall–Kier alpha value is -1.60. The van der Waals surface area contributed by atoms with E-state index in [1.165, 1.54) is 26.2 Å². The predicted molar refractivity (Wildman–Crippen MR) is 99.7 cm³/mol. The Labute approximate surface area is 157 Å². The molecular weight excluding hydrogens is 383 g/mol. The van der Waals surface area contributed by atoms with Crippen molar-refractivity contribution in [3.05, 3.63) is 63.6 Å². The number of sulfonamides is 1. The van der Waals surface area contributed by atoms with Gasteiger partial charge in [0, 0.05) is 14.1 Å². The maximum Gasteiger partial charge on any atom is 0.253 e. The van der Waals surface area contributed by atoms with E-state index in [9.17, 15) is 13.2 Å². The van der Waals surface area contributed by atoms with E-state index < -0.39 is 15.9 Å². The van der Waals surface area contributed by atoms with Crippen molar-refractivity contribution in [3.63, 3.8) is 0 Å². The molecule has 0 aliphatic heterocycles. The second kappa shape index (κ2) is 7.74. The number of carbonyl (C=O) groups excluding carboxylic acids is 1. The summed E-state index contributed by atoms with van der Waals surface area (Å²) in [5, 5.41) is 2.85. The molecule has 1 amide bonds. The van der Waals surface area contributed by atoms with Crippen molar-refractivity contribution in [2.24, 2.45) is 0 Å². The molecule has 2 rings (SSSR count). The molecule has 0 aromatic heterocycles. The summed E-state index contributed by atoms with van der Waals surface area (Å²) in [6.07, 6.45) is 0. The summed E-state index contributed by atoms with van der Waals surface area (Å²) in [6.45, 7) is 1.83. The van der Waals surface area contributed by atoms with Gasteiger partial charge in [0.25, 0.3) is 5.91 Å². The van der Waals surface area contributed by atoms with Gasteiger partial charge in [-0.3, -0.25) is 4.79 Å². The maximum absolute atomic E-state index is 12.6. The Morgan fingerprint density at radius 1 is 1.08 bits per heavy atom. The molecule has 0 saturated heterocycles. The lowest BCUT2D eigenvalue weighted by atomic mass is 10.1. The van der Waals surface area contributed by atoms with Crippen molar-refractivity contribution in [1.29, 1.82) is 0 Å². The molecule has 0 unspecified atom stereocenters. The fraction of sp³-hybridized carbons (Fsp3) is 0.235. The van der Waals surface area contributed by atoms with Crippen LogP contribution in [0, 0.1) is 0 Å². The highest BCUT2D eigenvalue weighted by Gasteiger charge is 2.25. The highest BCUT2D eigenvalue weighted by atomic mass is 35.5. The number of carbonyl (C=O) groups is 1. The summed E-state index contributed by atoms with van der Waals surface area (Å²) in [5.74, 6) is -0.478. The third kappa shape index (κ3) is 4.33. The first kappa shape index (κ1) is 19.7. The molecular formula is C17H18Cl2N2O3S. The minimum absolute atomic E-state index is 0.0358. The molecule has 25 heavy (non-hydrogen) atoms. The predicted octanol–water partition coefficient (Wildman–Crippen LogP) is 3.73. The lowest BCUT2D eigenvalue weighted by molar-refractivity contribution is 0.0940. The van der Waals surface area contributed by atoms with E-state index in [1.807, 2.05) is 37.3 Å². The van der Waals surface area contributed by atoms with Crippen LogP contribution in [0.25, 0.3) is 0 Å². The number of benzene rings is 2. The minimum Gasteiger partial charge on any atom is -0.345 e. The van der Waals surface area contributed by atoms with Crippen molar-refractivity contribution in [1.82, 2.24) is 9.62 Å². The largest absolute Gasteiger partial charge is 0.345 e. The van der Waals surface area contributed by atoms with Crippen LogP contribution in [0.4, 0.5) is 0 Å². The van der Waals surface area contributed by atoms with E-state index in [4.69, 9.17) is 23.2 Å². The summed E-state index contributed by atoms with van der Waals surface area (Å²) in [7, 11) is -1.03. The molecule has 0 aliphatic rings. The van der Waals surface area contributed by atoms with Gasteiger partial charge in [0.15, 0.2) is 0 Å². The molecule has 2 aromatic rings. The lowest BCUT2D eigenvalue weighted by Gasteiger charge is -2.17. The summed E-state index contributed by atoms with van der Waals surface area (Å²) >= 11 is 12.1. The van der Waals surface area contributed by atoms with Crippen LogP contribution in [0.1, 0.15) is 28.9 Å². The summed E-state index contributed by atoms with van der Waals surface area (Å²) in [4.78, 5) is 12.4. The molecule has 1 N–H and O–H groups in total. The zero-order chi connectivity index (χ0) is 18.8. The number of hydrogen-bond acceptors (Lipinski definition) is 3. The highest BCUT2D eigenvalue weighted by molar-refractivity contribution is 7.89. The fourth-order valence-corrected chi connectivity index (χ4v) is 3.92. The number of nitrogens with zero attached hydrogens (tertiary/aromatic N) is 1. The van der Waals surface area contributed by atoms with E-state index in [-0.39, 0.29) is 26.5 Å². The monoisotopic (exact) mass is 400 g/mol. The Balaban J connectivity index is 2.37. The van der Waals surface area contributed by atoms with E-state index in [1.54, 1.807) is 0 Å². The highest BCUT2D eigenvalue weighted by Crippen LogP contribution is 2.30. The molecule has 5 nitrogen and oxygen atoms in total. The lowest BCUT2D eigenvalue weighted by Crippen LogP contribution is -2.28. The Morgan fingerprint density at radius 2 is 1.68 bits per heavy atom. The van der Waals surface area contributed by atoms with Crippen molar-refractivity contribution in [2.75, 3.05) is 14.1 Å². The van der Waals surface area contributed by atoms with Crippen molar-refractivity contribution >= 4 is 39.1 Å². The van der Waals surface area contributed by atoms with Crippen LogP contribution in [0.5, 0.6) is 0 Å². The Bertz CT molecular complexity index is 884. The zero-order valence-electron chi connectivity index (χ0n) is 14.0. The third-order valence-electron chi connectivity index (χ3n) is 3.67. The van der Waals surface area contributed by atoms with Crippen LogP contribution in [0.15, 0.2) is 47.4 Å². The molecule has 2 aromatic carbocycles. The summed E-state index contributed by atoms with van der Waals surface area (Å²) < 4.78 is 25.7. The quantitative estimate of drug-likeness (QED) is 0.830. The topological polar surface area (TPSA) is 66.5 Å². The zero-order valence-corrected chi connectivity index (χ0v) is 16.3. The molecule has 0 spiro atoms. The van der Waals surface area contributed by atoms with Crippen molar-refractivity contribution in [3.8, 4) is 0 Å². The molecule has 8 heteroatoms. The normalized spacial score (nSPS) is 12.9. The van der Waals surface area contributed by atoms with Crippen LogP contribution in [-0.4, -0.2) is 32.7 Å². The average molecular weight is 401 g/mol. The number of halogens is 2. The van der Waals surface area contributed by atoms with Gasteiger partial charge >= 0.3 is 0 Å². The van der Waals surface area contributed by atoms with Crippen LogP contribution < -0.4 is 5.32 Å². The Kier molecular flexibility index (Phi) is 6.11. The smallest absolute Gasteiger partial charge is 0.253 e. The summed E-state index contributed by atoms with van der Waals surface area (Å²) in [5.41, 5.74) is 0.969. The van der Waals surface area contributed by atoms with Gasteiger partial charge < -0.3 is 5.32 Å². The van der Waals surface area contributed by atoms with Gasteiger partial charge in [0.1, 0.15) is 4.90 Å². The SMILES string of the molecule is C[C@H](NC(=O)c1cc(S(=O)(=O)N(C)C)c(Cl)cc1Cl)c1ccccc1. The molecule has 0 fully saturated rings. The number of rotatable bonds is 5. The molecule has 1 atom stereocenters. The fourth-order valence-electron chi connectivity index (χ4n) is 2.20. The number of nitrogens with one attached hydrogen (secondary N) is 1. The van der Waals surface area contributed by atoms with Gasteiger partial charge in [-0.25, -0.2) is 12.7 Å². The molecule has 0 aliphatic carbocycles. The average Bonchev–Trinajstić information content (AvgIpc) is 2.55. The molecule has 134 valence electrons.